The molecule has 3 heteroatoms. The molecule has 0 aromatic heterocycles. The van der Waals surface area contributed by atoms with Crippen LogP contribution in [0.5, 0.6) is 0 Å². The average molecular weight is 447 g/mol. The number of carbonyl (C=O) groups is 1. The quantitative estimate of drug-likeness (QED) is 0.166. The van der Waals surface area contributed by atoms with Crippen molar-refractivity contribution < 1.29 is 14.6 Å². The van der Waals surface area contributed by atoms with Crippen LogP contribution >= 0.6 is 0 Å². The smallest absolute Gasteiger partial charge is 0.293 e. The first-order valence-electron chi connectivity index (χ1n) is 12.6. The Morgan fingerprint density at radius 3 is 2.31 bits per heavy atom. The van der Waals surface area contributed by atoms with Crippen LogP contribution in [0.1, 0.15) is 113 Å². The minimum Gasteiger partial charge on any atom is -0.512 e. The Morgan fingerprint density at radius 2 is 1.78 bits per heavy atom. The highest BCUT2D eigenvalue weighted by atomic mass is 16.5. The molecule has 0 amide bonds. The first-order valence-corrected chi connectivity index (χ1v) is 12.6. The summed E-state index contributed by atoms with van der Waals surface area (Å²) in [5.41, 5.74) is 3.80. The van der Waals surface area contributed by atoms with E-state index >= 15 is 0 Å². The van der Waals surface area contributed by atoms with Crippen molar-refractivity contribution in [3.8, 4) is 0 Å². The summed E-state index contributed by atoms with van der Waals surface area (Å²) in [6.45, 7) is 17.1. The summed E-state index contributed by atoms with van der Waals surface area (Å²) in [5, 5.41) is 10.7. The van der Waals surface area contributed by atoms with Gasteiger partial charge in [0.15, 0.2) is 0 Å². The van der Waals surface area contributed by atoms with Gasteiger partial charge in [-0.3, -0.25) is 4.79 Å². The predicted molar refractivity (Wildman–Crippen MR) is 139 cm³/mol. The van der Waals surface area contributed by atoms with Crippen molar-refractivity contribution in [3.63, 3.8) is 0 Å². The molecule has 1 unspecified atom stereocenters. The first kappa shape index (κ1) is 30.2. The summed E-state index contributed by atoms with van der Waals surface area (Å²) < 4.78 is 4.55. The van der Waals surface area contributed by atoms with Crippen LogP contribution in [0.4, 0.5) is 0 Å². The third-order valence-electron chi connectivity index (χ3n) is 5.70. The van der Waals surface area contributed by atoms with E-state index in [1.807, 2.05) is 20.8 Å². The molecule has 1 N–H and O–H groups in total. The van der Waals surface area contributed by atoms with E-state index in [0.717, 1.165) is 38.5 Å². The van der Waals surface area contributed by atoms with E-state index in [4.69, 9.17) is 0 Å². The zero-order valence-corrected chi connectivity index (χ0v) is 22.2. The Kier molecular flexibility index (Phi) is 15.9. The Hall–Kier alpha value is -1.77. The van der Waals surface area contributed by atoms with Crippen molar-refractivity contribution in [3.05, 3.63) is 46.8 Å². The van der Waals surface area contributed by atoms with Gasteiger partial charge in [0.25, 0.3) is 6.47 Å². The number of rotatable bonds is 9. The van der Waals surface area contributed by atoms with Gasteiger partial charge in [-0.05, 0) is 95.6 Å². The molecule has 1 aliphatic rings. The molecule has 0 bridgehead atoms. The van der Waals surface area contributed by atoms with Crippen molar-refractivity contribution in [2.45, 2.75) is 119 Å². The van der Waals surface area contributed by atoms with Crippen molar-refractivity contribution >= 4 is 6.47 Å². The molecule has 1 saturated carbocycles. The molecule has 1 aliphatic carbocycles. The minimum absolute atomic E-state index is 0.318. The largest absolute Gasteiger partial charge is 0.512 e. The van der Waals surface area contributed by atoms with E-state index in [0.29, 0.717) is 24.1 Å². The molecule has 1 atom stereocenters. The number of aliphatic hydroxyl groups is 1. The number of allylic oxidation sites excluding steroid dienone is 8. The lowest BCUT2D eigenvalue weighted by Crippen LogP contribution is -2.17. The maximum absolute atomic E-state index is 10.7. The molecule has 184 valence electrons. The summed E-state index contributed by atoms with van der Waals surface area (Å²) in [6, 6.07) is 0. The van der Waals surface area contributed by atoms with Gasteiger partial charge in [0.05, 0.1) is 5.76 Å². The molecule has 32 heavy (non-hydrogen) atoms. The molecule has 1 rings (SSSR count). The van der Waals surface area contributed by atoms with Crippen LogP contribution in [0.2, 0.25) is 0 Å². The summed E-state index contributed by atoms with van der Waals surface area (Å²) in [5.74, 6) is 1.86. The van der Waals surface area contributed by atoms with Gasteiger partial charge in [-0.25, -0.2) is 0 Å². The van der Waals surface area contributed by atoms with Gasteiger partial charge in [-0.2, -0.15) is 0 Å². The van der Waals surface area contributed by atoms with Crippen molar-refractivity contribution in [2.24, 2.45) is 11.8 Å². The van der Waals surface area contributed by atoms with Gasteiger partial charge in [-0.15, -0.1) is 0 Å². The van der Waals surface area contributed by atoms with Crippen LogP contribution in [-0.2, 0) is 9.53 Å². The Morgan fingerprint density at radius 1 is 1.12 bits per heavy atom. The minimum atomic E-state index is -0.318. The lowest BCUT2D eigenvalue weighted by molar-refractivity contribution is -0.138. The third-order valence-corrected chi connectivity index (χ3v) is 5.70. The molecule has 0 spiro atoms. The maximum atomic E-state index is 10.7. The lowest BCUT2D eigenvalue weighted by atomic mass is 9.92. The first-order chi connectivity index (χ1) is 15.0. The van der Waals surface area contributed by atoms with Crippen molar-refractivity contribution in [1.82, 2.24) is 0 Å². The number of aliphatic hydroxyl groups excluding tert-OH is 1. The fraction of sp³-hybridized carbons (Fsp3) is 0.690. The second-order valence-corrected chi connectivity index (χ2v) is 10.4. The van der Waals surface area contributed by atoms with E-state index in [9.17, 15) is 9.90 Å². The van der Waals surface area contributed by atoms with Crippen LogP contribution in [-0.4, -0.2) is 17.2 Å². The van der Waals surface area contributed by atoms with Gasteiger partial charge in [-0.1, -0.05) is 64.0 Å². The molecule has 0 heterocycles. The van der Waals surface area contributed by atoms with E-state index in [1.165, 1.54) is 36.0 Å². The maximum Gasteiger partial charge on any atom is 0.293 e. The Labute approximate surface area is 198 Å². The van der Waals surface area contributed by atoms with E-state index in [-0.39, 0.29) is 5.60 Å². The molecule has 0 radical (unpaired) electrons. The molecular weight excluding hydrogens is 396 g/mol. The van der Waals surface area contributed by atoms with E-state index < -0.39 is 0 Å². The van der Waals surface area contributed by atoms with Gasteiger partial charge in [0.1, 0.15) is 5.60 Å². The normalized spacial score (nSPS) is 19.4. The molecule has 1 fully saturated rings. The molecule has 0 saturated heterocycles. The highest BCUT2D eigenvalue weighted by Crippen LogP contribution is 2.32. The second-order valence-electron chi connectivity index (χ2n) is 10.4. The summed E-state index contributed by atoms with van der Waals surface area (Å²) in [7, 11) is 0. The van der Waals surface area contributed by atoms with Gasteiger partial charge < -0.3 is 9.84 Å². The summed E-state index contributed by atoms with van der Waals surface area (Å²) in [6.07, 6.45) is 19.1. The molecular formula is C29H50O3. The zero-order chi connectivity index (χ0) is 24.6. The van der Waals surface area contributed by atoms with Crippen molar-refractivity contribution in [2.75, 3.05) is 0 Å². The Bertz CT molecular complexity index is 642. The molecule has 0 aromatic rings. The highest BCUT2D eigenvalue weighted by molar-refractivity contribution is 5.37. The lowest BCUT2D eigenvalue weighted by Gasteiger charge is -2.15. The number of hydrogen-bond donors (Lipinski definition) is 1. The molecule has 0 aromatic carbocycles. The highest BCUT2D eigenvalue weighted by Gasteiger charge is 2.15. The van der Waals surface area contributed by atoms with Crippen LogP contribution in [0.25, 0.3) is 0 Å². The second kappa shape index (κ2) is 16.8. The SMILES string of the molecule is CC(C)(C)OC=O.CC/C=C\C=C(/C)C(C)C/C=C1\CCCCC\C1=C(/O)CCC(C)C. The van der Waals surface area contributed by atoms with Gasteiger partial charge in [0.2, 0.25) is 0 Å². The van der Waals surface area contributed by atoms with Crippen LogP contribution in [0.15, 0.2) is 46.8 Å². The Balaban J connectivity index is 0.00000118. The standard InChI is InChI=1S/C24H40O.C5H10O2/c1-6-7-9-12-20(4)21(5)16-17-22-13-10-8-11-14-23(22)24(25)18-15-19(2)3;1-5(2,3)7-4-6/h7,9,12,17,19,21,25H,6,8,10-11,13-16,18H2,1-5H3;4H,1-3H3/b9-7-,20-12+,22-17+,24-23+;. The number of carbonyl (C=O) groups excluding carboxylic acids is 1. The zero-order valence-electron chi connectivity index (χ0n) is 22.2. The number of ether oxygens (including phenoxy) is 1. The molecule has 3 nitrogen and oxygen atoms in total. The van der Waals surface area contributed by atoms with Gasteiger partial charge >= 0.3 is 0 Å². The van der Waals surface area contributed by atoms with Crippen LogP contribution in [0.3, 0.4) is 0 Å². The average Bonchev–Trinajstić information content (AvgIpc) is 2.95. The van der Waals surface area contributed by atoms with Crippen LogP contribution < -0.4 is 0 Å². The van der Waals surface area contributed by atoms with E-state index in [1.54, 1.807) is 0 Å². The topological polar surface area (TPSA) is 46.5 Å². The monoisotopic (exact) mass is 446 g/mol. The third kappa shape index (κ3) is 15.1. The fourth-order valence-corrected chi connectivity index (χ4v) is 3.41. The fourth-order valence-electron chi connectivity index (χ4n) is 3.41. The van der Waals surface area contributed by atoms with Crippen molar-refractivity contribution in [1.29, 1.82) is 0 Å². The molecule has 0 aliphatic heterocycles. The predicted octanol–water partition coefficient (Wildman–Crippen LogP) is 9.02. The number of hydrogen-bond acceptors (Lipinski definition) is 3. The van der Waals surface area contributed by atoms with E-state index in [2.05, 4.69) is 63.7 Å². The summed E-state index contributed by atoms with van der Waals surface area (Å²) in [4.78, 5) is 9.60. The summed E-state index contributed by atoms with van der Waals surface area (Å²) >= 11 is 0. The van der Waals surface area contributed by atoms with Gasteiger partial charge in [0, 0.05) is 6.42 Å². The van der Waals surface area contributed by atoms with Crippen LogP contribution in [0, 0.1) is 11.8 Å².